The van der Waals surface area contributed by atoms with Crippen LogP contribution in [0.15, 0.2) is 18.2 Å². The lowest BCUT2D eigenvalue weighted by atomic mass is 10.0. The third kappa shape index (κ3) is 2.62. The highest BCUT2D eigenvalue weighted by Gasteiger charge is 2.35. The van der Waals surface area contributed by atoms with Crippen molar-refractivity contribution in [3.05, 3.63) is 34.3 Å². The molecule has 0 fully saturated rings. The van der Waals surface area contributed by atoms with Crippen LogP contribution in [0.5, 0.6) is 0 Å². The Kier molecular flexibility index (Phi) is 3.59. The molecule has 2 nitrogen and oxygen atoms in total. The molecular formula is C9H9ClF3NO. The molecule has 0 saturated heterocycles. The quantitative estimate of drug-likeness (QED) is 0.832. The van der Waals surface area contributed by atoms with E-state index in [0.29, 0.717) is 0 Å². The van der Waals surface area contributed by atoms with Gasteiger partial charge in [0.1, 0.15) is 0 Å². The molecule has 1 atom stereocenters. The molecule has 1 aromatic rings. The van der Waals surface area contributed by atoms with E-state index >= 15 is 0 Å². The summed E-state index contributed by atoms with van der Waals surface area (Å²) in [7, 11) is 0. The van der Waals surface area contributed by atoms with E-state index in [1.807, 2.05) is 0 Å². The second kappa shape index (κ2) is 4.38. The van der Waals surface area contributed by atoms with Crippen LogP contribution in [0, 0.1) is 0 Å². The van der Waals surface area contributed by atoms with Crippen molar-refractivity contribution in [3.8, 4) is 0 Å². The van der Waals surface area contributed by atoms with Crippen LogP contribution in [0.4, 0.5) is 13.2 Å². The Morgan fingerprint density at radius 1 is 1.40 bits per heavy atom. The second-order valence-electron chi connectivity index (χ2n) is 2.99. The lowest BCUT2D eigenvalue weighted by Crippen LogP contribution is -2.20. The molecule has 0 aromatic heterocycles. The Morgan fingerprint density at radius 3 is 2.47 bits per heavy atom. The molecular weight excluding hydrogens is 231 g/mol. The molecule has 0 spiro atoms. The zero-order chi connectivity index (χ0) is 11.6. The van der Waals surface area contributed by atoms with Crippen molar-refractivity contribution in [1.82, 2.24) is 0 Å². The molecule has 6 heteroatoms. The van der Waals surface area contributed by atoms with Crippen molar-refractivity contribution in [2.24, 2.45) is 5.73 Å². The molecule has 0 amide bonds. The van der Waals surface area contributed by atoms with Crippen LogP contribution >= 0.6 is 11.6 Å². The summed E-state index contributed by atoms with van der Waals surface area (Å²) in [6.45, 7) is -0.590. The largest absolute Gasteiger partial charge is 0.416 e. The van der Waals surface area contributed by atoms with Crippen LogP contribution in [-0.4, -0.2) is 11.7 Å². The molecule has 0 radical (unpaired) electrons. The van der Waals surface area contributed by atoms with E-state index in [-0.39, 0.29) is 10.6 Å². The minimum atomic E-state index is -4.52. The van der Waals surface area contributed by atoms with E-state index in [1.54, 1.807) is 0 Å². The van der Waals surface area contributed by atoms with Gasteiger partial charge in [-0.25, -0.2) is 0 Å². The smallest absolute Gasteiger partial charge is 0.394 e. The topological polar surface area (TPSA) is 46.2 Å². The molecule has 0 aliphatic heterocycles. The van der Waals surface area contributed by atoms with Gasteiger partial charge in [-0.2, -0.15) is 13.2 Å². The number of alkyl halides is 3. The van der Waals surface area contributed by atoms with E-state index in [0.717, 1.165) is 6.07 Å². The number of nitrogens with two attached hydrogens (primary N) is 1. The first kappa shape index (κ1) is 12.3. The van der Waals surface area contributed by atoms with Gasteiger partial charge in [-0.15, -0.1) is 0 Å². The Hall–Kier alpha value is -0.780. The molecule has 0 bridgehead atoms. The Labute approximate surface area is 89.5 Å². The van der Waals surface area contributed by atoms with Crippen molar-refractivity contribution in [3.63, 3.8) is 0 Å². The van der Waals surface area contributed by atoms with Crippen molar-refractivity contribution < 1.29 is 18.3 Å². The first-order valence-electron chi connectivity index (χ1n) is 4.10. The normalized spacial score (nSPS) is 14.0. The summed E-state index contributed by atoms with van der Waals surface area (Å²) in [5.74, 6) is 0. The van der Waals surface area contributed by atoms with Crippen molar-refractivity contribution in [1.29, 1.82) is 0 Å². The molecule has 0 heterocycles. The fourth-order valence-electron chi connectivity index (χ4n) is 1.25. The maximum atomic E-state index is 12.5. The molecule has 0 aliphatic carbocycles. The van der Waals surface area contributed by atoms with E-state index in [4.69, 9.17) is 22.4 Å². The van der Waals surface area contributed by atoms with Crippen molar-refractivity contribution in [2.45, 2.75) is 12.2 Å². The highest BCUT2D eigenvalue weighted by Crippen LogP contribution is 2.37. The summed E-state index contributed by atoms with van der Waals surface area (Å²) in [5.41, 5.74) is 4.18. The molecule has 0 saturated carbocycles. The van der Waals surface area contributed by atoms with Crippen LogP contribution in [0.3, 0.4) is 0 Å². The number of hydrogen-bond donors (Lipinski definition) is 2. The summed E-state index contributed by atoms with van der Waals surface area (Å²) in [6.07, 6.45) is -4.52. The van der Waals surface area contributed by atoms with Gasteiger partial charge >= 0.3 is 6.18 Å². The Balaban J connectivity index is 3.33. The van der Waals surface area contributed by atoms with Crippen LogP contribution in [0.2, 0.25) is 5.02 Å². The predicted molar refractivity (Wildman–Crippen MR) is 50.5 cm³/mol. The monoisotopic (exact) mass is 239 g/mol. The van der Waals surface area contributed by atoms with E-state index in [1.165, 1.54) is 12.1 Å². The molecule has 1 rings (SSSR count). The van der Waals surface area contributed by atoms with Crippen LogP contribution in [0.1, 0.15) is 17.2 Å². The molecule has 0 unspecified atom stereocenters. The first-order valence-corrected chi connectivity index (χ1v) is 4.47. The van der Waals surface area contributed by atoms with Crippen molar-refractivity contribution in [2.75, 3.05) is 6.61 Å². The summed E-state index contributed by atoms with van der Waals surface area (Å²) >= 11 is 5.62. The molecule has 1 aromatic carbocycles. The minimum absolute atomic E-state index is 0.0913. The molecule has 15 heavy (non-hydrogen) atoms. The van der Waals surface area contributed by atoms with E-state index in [9.17, 15) is 13.2 Å². The van der Waals surface area contributed by atoms with Gasteiger partial charge in [-0.3, -0.25) is 0 Å². The van der Waals surface area contributed by atoms with Crippen molar-refractivity contribution >= 4 is 11.6 Å². The van der Waals surface area contributed by atoms with Gasteiger partial charge in [0.15, 0.2) is 0 Å². The fourth-order valence-corrected chi connectivity index (χ4v) is 1.57. The summed E-state index contributed by atoms with van der Waals surface area (Å²) < 4.78 is 37.6. The minimum Gasteiger partial charge on any atom is -0.394 e. The van der Waals surface area contributed by atoms with E-state index < -0.39 is 24.4 Å². The van der Waals surface area contributed by atoms with Crippen LogP contribution < -0.4 is 5.73 Å². The van der Waals surface area contributed by atoms with Crippen LogP contribution in [-0.2, 0) is 6.18 Å². The maximum absolute atomic E-state index is 12.5. The van der Waals surface area contributed by atoms with Gasteiger partial charge in [-0.1, -0.05) is 17.7 Å². The maximum Gasteiger partial charge on any atom is 0.416 e. The number of aliphatic hydroxyl groups is 1. The zero-order valence-electron chi connectivity index (χ0n) is 7.55. The number of benzene rings is 1. The lowest BCUT2D eigenvalue weighted by molar-refractivity contribution is -0.138. The SMILES string of the molecule is N[C@H](CO)c1c(Cl)cccc1C(F)(F)F. The number of aliphatic hydroxyl groups excluding tert-OH is 1. The molecule has 0 aliphatic rings. The van der Waals surface area contributed by atoms with Gasteiger partial charge < -0.3 is 10.8 Å². The number of halogens is 4. The van der Waals surface area contributed by atoms with Gasteiger partial charge in [0, 0.05) is 10.6 Å². The standard InChI is InChI=1S/C9H9ClF3NO/c10-6-3-1-2-5(9(11,12)13)8(6)7(14)4-15/h1-3,7,15H,4,14H2/t7-/m1/s1. The Bertz CT molecular complexity index is 354. The number of rotatable bonds is 2. The zero-order valence-corrected chi connectivity index (χ0v) is 8.31. The third-order valence-electron chi connectivity index (χ3n) is 1.93. The van der Waals surface area contributed by atoms with Gasteiger partial charge in [0.05, 0.1) is 18.2 Å². The lowest BCUT2D eigenvalue weighted by Gasteiger charge is -2.17. The van der Waals surface area contributed by atoms with E-state index in [2.05, 4.69) is 0 Å². The van der Waals surface area contributed by atoms with Crippen LogP contribution in [0.25, 0.3) is 0 Å². The summed E-state index contributed by atoms with van der Waals surface area (Å²) in [6, 6.07) is 2.26. The highest BCUT2D eigenvalue weighted by molar-refractivity contribution is 6.31. The average Bonchev–Trinajstić information content (AvgIpc) is 2.15. The summed E-state index contributed by atoms with van der Waals surface area (Å²) in [5, 5.41) is 8.66. The highest BCUT2D eigenvalue weighted by atomic mass is 35.5. The van der Waals surface area contributed by atoms with Gasteiger partial charge in [-0.05, 0) is 12.1 Å². The Morgan fingerprint density at radius 2 is 2.00 bits per heavy atom. The number of hydrogen-bond acceptors (Lipinski definition) is 2. The summed E-state index contributed by atoms with van der Waals surface area (Å²) in [4.78, 5) is 0. The molecule has 3 N–H and O–H groups in total. The second-order valence-corrected chi connectivity index (χ2v) is 3.40. The first-order chi connectivity index (χ1) is 6.88. The molecule has 84 valence electrons. The van der Waals surface area contributed by atoms with Gasteiger partial charge in [0.2, 0.25) is 0 Å². The predicted octanol–water partition coefficient (Wildman–Crippen LogP) is 2.35. The van der Waals surface area contributed by atoms with Gasteiger partial charge in [0.25, 0.3) is 0 Å². The average molecular weight is 240 g/mol. The third-order valence-corrected chi connectivity index (χ3v) is 2.26. The fraction of sp³-hybridized carbons (Fsp3) is 0.333.